The summed E-state index contributed by atoms with van der Waals surface area (Å²) in [5, 5.41) is 8.51. The second-order valence-corrected chi connectivity index (χ2v) is 4.65. The van der Waals surface area contributed by atoms with Crippen molar-refractivity contribution in [2.45, 2.75) is 6.54 Å². The summed E-state index contributed by atoms with van der Waals surface area (Å²) in [7, 11) is 1.76. The van der Waals surface area contributed by atoms with Crippen molar-refractivity contribution in [3.8, 4) is 0 Å². The van der Waals surface area contributed by atoms with Gasteiger partial charge in [-0.25, -0.2) is 0 Å². The van der Waals surface area contributed by atoms with Crippen LogP contribution in [0.4, 0.5) is 0 Å². The van der Waals surface area contributed by atoms with Gasteiger partial charge in [0.05, 0.1) is 6.20 Å². The molecule has 1 aromatic carbocycles. The molecule has 0 unspecified atom stereocenters. The van der Waals surface area contributed by atoms with Crippen LogP contribution in [0, 0.1) is 0 Å². The minimum Gasteiger partial charge on any atom is -0.336 e. The van der Waals surface area contributed by atoms with E-state index in [1.165, 1.54) is 0 Å². The van der Waals surface area contributed by atoms with Crippen LogP contribution in [0.1, 0.15) is 16.1 Å². The summed E-state index contributed by atoms with van der Waals surface area (Å²) in [6.07, 6.45) is 5.15. The standard InChI is InChI=1S/C15H14N4O/c1-19(10-11-8-17-18-9-11)15(20)14-13-5-3-2-4-12(13)6-7-16-14/h2-9H,10H2,1H3,(H,17,18). The number of benzene rings is 1. The van der Waals surface area contributed by atoms with Gasteiger partial charge in [0, 0.05) is 36.9 Å². The summed E-state index contributed by atoms with van der Waals surface area (Å²) in [5.41, 5.74) is 1.44. The quantitative estimate of drug-likeness (QED) is 0.790. The van der Waals surface area contributed by atoms with Crippen LogP contribution in [-0.4, -0.2) is 33.0 Å². The molecule has 0 spiro atoms. The van der Waals surface area contributed by atoms with Gasteiger partial charge in [0.1, 0.15) is 5.69 Å². The van der Waals surface area contributed by atoms with E-state index in [-0.39, 0.29) is 5.91 Å². The first-order valence-electron chi connectivity index (χ1n) is 6.32. The lowest BCUT2D eigenvalue weighted by Crippen LogP contribution is -2.27. The van der Waals surface area contributed by atoms with E-state index < -0.39 is 0 Å². The van der Waals surface area contributed by atoms with Gasteiger partial charge in [0.25, 0.3) is 5.91 Å². The molecule has 1 N–H and O–H groups in total. The molecule has 3 aromatic rings. The Morgan fingerprint density at radius 3 is 2.95 bits per heavy atom. The molecule has 0 fully saturated rings. The first-order valence-corrected chi connectivity index (χ1v) is 6.32. The monoisotopic (exact) mass is 266 g/mol. The zero-order valence-electron chi connectivity index (χ0n) is 11.1. The topological polar surface area (TPSA) is 61.9 Å². The van der Waals surface area contributed by atoms with Crippen molar-refractivity contribution in [1.82, 2.24) is 20.1 Å². The Hall–Kier alpha value is -2.69. The Morgan fingerprint density at radius 1 is 1.30 bits per heavy atom. The number of hydrogen-bond acceptors (Lipinski definition) is 3. The molecule has 3 rings (SSSR count). The first-order chi connectivity index (χ1) is 9.75. The van der Waals surface area contributed by atoms with Crippen LogP contribution in [-0.2, 0) is 6.54 Å². The molecule has 20 heavy (non-hydrogen) atoms. The van der Waals surface area contributed by atoms with Crippen molar-refractivity contribution in [3.63, 3.8) is 0 Å². The SMILES string of the molecule is CN(Cc1cn[nH]c1)C(=O)c1nccc2ccccc12. The van der Waals surface area contributed by atoms with Crippen LogP contribution in [0.3, 0.4) is 0 Å². The molecule has 0 atom stereocenters. The number of amides is 1. The highest BCUT2D eigenvalue weighted by atomic mass is 16.2. The summed E-state index contributed by atoms with van der Waals surface area (Å²) in [4.78, 5) is 18.4. The molecule has 0 aliphatic rings. The van der Waals surface area contributed by atoms with Gasteiger partial charge < -0.3 is 4.90 Å². The summed E-state index contributed by atoms with van der Waals surface area (Å²) < 4.78 is 0. The maximum absolute atomic E-state index is 12.5. The predicted molar refractivity (Wildman–Crippen MR) is 76.1 cm³/mol. The molecule has 100 valence electrons. The summed E-state index contributed by atoms with van der Waals surface area (Å²) in [6.45, 7) is 0.500. The van der Waals surface area contributed by atoms with Gasteiger partial charge >= 0.3 is 0 Å². The molecule has 0 aliphatic carbocycles. The Bertz CT molecular complexity index is 731. The molecule has 0 aliphatic heterocycles. The van der Waals surface area contributed by atoms with Gasteiger partial charge in [-0.2, -0.15) is 5.10 Å². The maximum Gasteiger partial charge on any atom is 0.273 e. The molecule has 1 amide bonds. The average molecular weight is 266 g/mol. The molecule has 5 nitrogen and oxygen atoms in total. The van der Waals surface area contributed by atoms with Crippen molar-refractivity contribution in [2.75, 3.05) is 7.05 Å². The van der Waals surface area contributed by atoms with Crippen LogP contribution >= 0.6 is 0 Å². The zero-order chi connectivity index (χ0) is 13.9. The number of nitrogens with zero attached hydrogens (tertiary/aromatic N) is 3. The second-order valence-electron chi connectivity index (χ2n) is 4.65. The smallest absolute Gasteiger partial charge is 0.273 e. The number of rotatable bonds is 3. The molecule has 0 saturated carbocycles. The minimum absolute atomic E-state index is 0.0944. The van der Waals surface area contributed by atoms with Crippen LogP contribution in [0.25, 0.3) is 10.8 Å². The molecule has 5 heteroatoms. The highest BCUT2D eigenvalue weighted by Gasteiger charge is 2.16. The Morgan fingerprint density at radius 2 is 2.15 bits per heavy atom. The number of aromatic amines is 1. The lowest BCUT2D eigenvalue weighted by Gasteiger charge is -2.16. The number of carbonyl (C=O) groups is 1. The lowest BCUT2D eigenvalue weighted by molar-refractivity contribution is 0.0781. The van der Waals surface area contributed by atoms with Gasteiger partial charge in [-0.15, -0.1) is 0 Å². The highest BCUT2D eigenvalue weighted by molar-refractivity contribution is 6.04. The van der Waals surface area contributed by atoms with Gasteiger partial charge in [-0.1, -0.05) is 24.3 Å². The van der Waals surface area contributed by atoms with E-state index in [0.717, 1.165) is 16.3 Å². The molecular formula is C15H14N4O. The Labute approximate surface area is 116 Å². The number of nitrogens with one attached hydrogen (secondary N) is 1. The molecule has 0 bridgehead atoms. The minimum atomic E-state index is -0.0944. The van der Waals surface area contributed by atoms with Crippen LogP contribution in [0.15, 0.2) is 48.9 Å². The van der Waals surface area contributed by atoms with Crippen molar-refractivity contribution in [3.05, 3.63) is 60.2 Å². The lowest BCUT2D eigenvalue weighted by atomic mass is 10.1. The fourth-order valence-electron chi connectivity index (χ4n) is 2.18. The van der Waals surface area contributed by atoms with Gasteiger partial charge in [0.15, 0.2) is 0 Å². The van der Waals surface area contributed by atoms with E-state index in [4.69, 9.17) is 0 Å². The molecule has 2 heterocycles. The number of pyridine rings is 1. The predicted octanol–water partition coefficient (Wildman–Crippen LogP) is 2.23. The van der Waals surface area contributed by atoms with Crippen LogP contribution in [0.5, 0.6) is 0 Å². The molecular weight excluding hydrogens is 252 g/mol. The fraction of sp³-hybridized carbons (Fsp3) is 0.133. The van der Waals surface area contributed by atoms with E-state index in [2.05, 4.69) is 15.2 Å². The number of carbonyl (C=O) groups excluding carboxylic acids is 1. The van der Waals surface area contributed by atoms with Crippen molar-refractivity contribution in [2.24, 2.45) is 0 Å². The number of H-pyrrole nitrogens is 1. The average Bonchev–Trinajstić information content (AvgIpc) is 2.99. The summed E-state index contributed by atoms with van der Waals surface area (Å²) in [6, 6.07) is 9.66. The van der Waals surface area contributed by atoms with Crippen molar-refractivity contribution < 1.29 is 4.79 Å². The molecule has 2 aromatic heterocycles. The van der Waals surface area contributed by atoms with E-state index >= 15 is 0 Å². The van der Waals surface area contributed by atoms with Crippen molar-refractivity contribution >= 4 is 16.7 Å². The number of hydrogen-bond donors (Lipinski definition) is 1. The maximum atomic E-state index is 12.5. The Kier molecular flexibility index (Phi) is 3.16. The highest BCUT2D eigenvalue weighted by Crippen LogP contribution is 2.18. The largest absolute Gasteiger partial charge is 0.336 e. The number of aromatic nitrogens is 3. The van der Waals surface area contributed by atoms with E-state index in [1.54, 1.807) is 30.5 Å². The Balaban J connectivity index is 1.92. The van der Waals surface area contributed by atoms with Gasteiger partial charge in [0.2, 0.25) is 0 Å². The summed E-state index contributed by atoms with van der Waals surface area (Å²) in [5.74, 6) is -0.0944. The van der Waals surface area contributed by atoms with Gasteiger partial charge in [-0.3, -0.25) is 14.9 Å². The van der Waals surface area contributed by atoms with E-state index in [0.29, 0.717) is 12.2 Å². The van der Waals surface area contributed by atoms with E-state index in [9.17, 15) is 4.79 Å². The van der Waals surface area contributed by atoms with E-state index in [1.807, 2.05) is 30.3 Å². The zero-order valence-corrected chi connectivity index (χ0v) is 11.1. The first kappa shape index (κ1) is 12.3. The third-order valence-electron chi connectivity index (χ3n) is 3.20. The number of fused-ring (bicyclic) bond motifs is 1. The second kappa shape index (κ2) is 5.13. The van der Waals surface area contributed by atoms with Crippen LogP contribution < -0.4 is 0 Å². The van der Waals surface area contributed by atoms with Crippen LogP contribution in [0.2, 0.25) is 0 Å². The third-order valence-corrected chi connectivity index (χ3v) is 3.20. The fourth-order valence-corrected chi connectivity index (χ4v) is 2.18. The summed E-state index contributed by atoms with van der Waals surface area (Å²) >= 11 is 0. The molecule has 0 saturated heterocycles. The normalized spacial score (nSPS) is 10.7. The van der Waals surface area contributed by atoms with Gasteiger partial charge in [-0.05, 0) is 11.5 Å². The third kappa shape index (κ3) is 2.25. The van der Waals surface area contributed by atoms with Crippen molar-refractivity contribution in [1.29, 1.82) is 0 Å². The molecule has 0 radical (unpaired) electrons.